The Balaban J connectivity index is 1.91. The van der Waals surface area contributed by atoms with Crippen LogP contribution in [0.15, 0.2) is 30.9 Å². The van der Waals surface area contributed by atoms with Crippen LogP contribution in [0.5, 0.6) is 0 Å². The second kappa shape index (κ2) is 5.73. The van der Waals surface area contributed by atoms with Crippen molar-refractivity contribution in [3.8, 4) is 0 Å². The van der Waals surface area contributed by atoms with E-state index in [1.165, 1.54) is 0 Å². The summed E-state index contributed by atoms with van der Waals surface area (Å²) in [6, 6.07) is 4.03. The highest BCUT2D eigenvalue weighted by molar-refractivity contribution is 5.92. The first-order valence-electron chi connectivity index (χ1n) is 6.50. The molecule has 0 aliphatic heterocycles. The minimum absolute atomic E-state index is 0.0270. The van der Waals surface area contributed by atoms with E-state index in [4.69, 9.17) is 0 Å². The van der Waals surface area contributed by atoms with E-state index in [1.54, 1.807) is 6.33 Å². The molecule has 2 aromatic heterocycles. The van der Waals surface area contributed by atoms with Crippen molar-refractivity contribution in [1.82, 2.24) is 19.4 Å². The molecule has 0 atom stereocenters. The molecule has 0 aromatic carbocycles. The molecule has 0 unspecified atom stereocenters. The number of nitrogens with zero attached hydrogens (tertiary/aromatic N) is 3. The third-order valence-electron chi connectivity index (χ3n) is 3.15. The maximum atomic E-state index is 12.1. The lowest BCUT2D eigenvalue weighted by molar-refractivity contribution is 0.0943. The van der Waals surface area contributed by atoms with Crippen LogP contribution in [0, 0.1) is 0 Å². The standard InChI is InChI=1S/C14H20N4O/c1-11(2)18-8-4-5-13(18)14(19)16-7-6-12-9-15-10-17(12)3/h4-5,8-11H,6-7H2,1-3H3,(H,16,19). The number of hydrogen-bond acceptors (Lipinski definition) is 2. The quantitative estimate of drug-likeness (QED) is 0.891. The molecule has 0 radical (unpaired) electrons. The molecular formula is C14H20N4O. The number of amides is 1. The number of hydrogen-bond donors (Lipinski definition) is 1. The Morgan fingerprint density at radius 1 is 1.47 bits per heavy atom. The molecule has 0 spiro atoms. The molecule has 1 amide bonds. The van der Waals surface area contributed by atoms with Crippen LogP contribution < -0.4 is 5.32 Å². The van der Waals surface area contributed by atoms with Gasteiger partial charge in [0.2, 0.25) is 0 Å². The Hall–Kier alpha value is -2.04. The van der Waals surface area contributed by atoms with E-state index in [0.29, 0.717) is 12.2 Å². The predicted molar refractivity (Wildman–Crippen MR) is 74.1 cm³/mol. The van der Waals surface area contributed by atoms with E-state index in [0.717, 1.165) is 12.1 Å². The van der Waals surface area contributed by atoms with Crippen molar-refractivity contribution in [2.75, 3.05) is 6.54 Å². The molecule has 2 rings (SSSR count). The fraction of sp³-hybridized carbons (Fsp3) is 0.429. The Morgan fingerprint density at radius 3 is 2.89 bits per heavy atom. The molecule has 0 bridgehead atoms. The lowest BCUT2D eigenvalue weighted by Gasteiger charge is -2.12. The predicted octanol–water partition coefficient (Wildman–Crippen LogP) is 1.77. The van der Waals surface area contributed by atoms with E-state index >= 15 is 0 Å². The lowest BCUT2D eigenvalue weighted by Crippen LogP contribution is -2.28. The molecular weight excluding hydrogens is 240 g/mol. The first kappa shape index (κ1) is 13.4. The second-order valence-corrected chi connectivity index (χ2v) is 4.90. The molecule has 0 fully saturated rings. The summed E-state index contributed by atoms with van der Waals surface area (Å²) in [5, 5.41) is 2.94. The average molecular weight is 260 g/mol. The van der Waals surface area contributed by atoms with E-state index in [2.05, 4.69) is 24.1 Å². The third kappa shape index (κ3) is 3.05. The lowest BCUT2D eigenvalue weighted by atomic mass is 10.3. The molecule has 0 saturated heterocycles. The second-order valence-electron chi connectivity index (χ2n) is 4.90. The van der Waals surface area contributed by atoms with Crippen molar-refractivity contribution in [3.63, 3.8) is 0 Å². The number of aromatic nitrogens is 3. The van der Waals surface area contributed by atoms with Gasteiger partial charge in [-0.25, -0.2) is 4.98 Å². The van der Waals surface area contributed by atoms with Crippen molar-refractivity contribution in [2.45, 2.75) is 26.3 Å². The first-order valence-corrected chi connectivity index (χ1v) is 6.50. The summed E-state index contributed by atoms with van der Waals surface area (Å²) in [6.45, 7) is 4.74. The van der Waals surface area contributed by atoms with Crippen LogP contribution in [0.2, 0.25) is 0 Å². The van der Waals surface area contributed by atoms with Crippen LogP contribution in [0.3, 0.4) is 0 Å². The van der Waals surface area contributed by atoms with Crippen LogP contribution in [0.25, 0.3) is 0 Å². The van der Waals surface area contributed by atoms with E-state index in [1.807, 2.05) is 40.7 Å². The number of aryl methyl sites for hydroxylation is 1. The summed E-state index contributed by atoms with van der Waals surface area (Å²) >= 11 is 0. The maximum absolute atomic E-state index is 12.1. The third-order valence-corrected chi connectivity index (χ3v) is 3.15. The minimum Gasteiger partial charge on any atom is -0.350 e. The molecule has 5 heteroatoms. The zero-order valence-corrected chi connectivity index (χ0v) is 11.6. The van der Waals surface area contributed by atoms with Gasteiger partial charge >= 0.3 is 0 Å². The fourth-order valence-electron chi connectivity index (χ4n) is 2.06. The normalized spacial score (nSPS) is 10.9. The van der Waals surface area contributed by atoms with Crippen molar-refractivity contribution in [3.05, 3.63) is 42.2 Å². The summed E-state index contributed by atoms with van der Waals surface area (Å²) in [6.07, 6.45) is 6.30. The molecule has 102 valence electrons. The number of nitrogens with one attached hydrogen (secondary N) is 1. The van der Waals surface area contributed by atoms with Gasteiger partial charge in [0.15, 0.2) is 0 Å². The largest absolute Gasteiger partial charge is 0.350 e. The van der Waals surface area contributed by atoms with Crippen LogP contribution in [0.4, 0.5) is 0 Å². The summed E-state index contributed by atoms with van der Waals surface area (Å²) in [7, 11) is 1.95. The average Bonchev–Trinajstić information content (AvgIpc) is 2.98. The van der Waals surface area contributed by atoms with Gasteiger partial charge in [-0.15, -0.1) is 0 Å². The molecule has 0 aliphatic rings. The molecule has 5 nitrogen and oxygen atoms in total. The molecule has 2 aromatic rings. The molecule has 2 heterocycles. The van der Waals surface area contributed by atoms with Gasteiger partial charge < -0.3 is 14.5 Å². The van der Waals surface area contributed by atoms with Crippen LogP contribution in [-0.4, -0.2) is 26.6 Å². The van der Waals surface area contributed by atoms with Crippen molar-refractivity contribution in [2.24, 2.45) is 7.05 Å². The first-order chi connectivity index (χ1) is 9.09. The molecule has 19 heavy (non-hydrogen) atoms. The molecule has 1 N–H and O–H groups in total. The monoisotopic (exact) mass is 260 g/mol. The van der Waals surface area contributed by atoms with Gasteiger partial charge in [0.1, 0.15) is 5.69 Å². The minimum atomic E-state index is -0.0270. The Labute approximate surface area is 113 Å². The van der Waals surface area contributed by atoms with Gasteiger partial charge in [0.05, 0.1) is 6.33 Å². The SMILES string of the molecule is CC(C)n1cccc1C(=O)NCCc1cncn1C. The highest BCUT2D eigenvalue weighted by Crippen LogP contribution is 2.10. The summed E-state index contributed by atoms with van der Waals surface area (Å²) in [5.41, 5.74) is 1.82. The van der Waals surface area contributed by atoms with Gasteiger partial charge in [-0.2, -0.15) is 0 Å². The molecule has 0 aliphatic carbocycles. The highest BCUT2D eigenvalue weighted by Gasteiger charge is 2.12. The number of imidazole rings is 1. The van der Waals surface area contributed by atoms with Gasteiger partial charge in [0, 0.05) is 44.1 Å². The summed E-state index contributed by atoms with van der Waals surface area (Å²) in [5.74, 6) is -0.0270. The van der Waals surface area contributed by atoms with Crippen molar-refractivity contribution >= 4 is 5.91 Å². The molecule has 0 saturated carbocycles. The zero-order chi connectivity index (χ0) is 13.8. The maximum Gasteiger partial charge on any atom is 0.267 e. The van der Waals surface area contributed by atoms with Crippen molar-refractivity contribution in [1.29, 1.82) is 0 Å². The van der Waals surface area contributed by atoms with Crippen LogP contribution in [-0.2, 0) is 13.5 Å². The van der Waals surface area contributed by atoms with Gasteiger partial charge in [-0.1, -0.05) is 0 Å². The Morgan fingerprint density at radius 2 is 2.26 bits per heavy atom. The van der Waals surface area contributed by atoms with Crippen molar-refractivity contribution < 1.29 is 4.79 Å². The zero-order valence-electron chi connectivity index (χ0n) is 11.6. The Kier molecular flexibility index (Phi) is 4.04. The smallest absolute Gasteiger partial charge is 0.267 e. The summed E-state index contributed by atoms with van der Waals surface area (Å²) < 4.78 is 3.93. The van der Waals surface area contributed by atoms with Gasteiger partial charge in [-0.05, 0) is 26.0 Å². The van der Waals surface area contributed by atoms with E-state index in [-0.39, 0.29) is 11.9 Å². The van der Waals surface area contributed by atoms with Gasteiger partial charge in [0.25, 0.3) is 5.91 Å². The van der Waals surface area contributed by atoms with Crippen LogP contribution in [0.1, 0.15) is 36.1 Å². The Bertz CT molecular complexity index is 553. The topological polar surface area (TPSA) is 51.9 Å². The summed E-state index contributed by atoms with van der Waals surface area (Å²) in [4.78, 5) is 16.1. The highest BCUT2D eigenvalue weighted by atomic mass is 16.1. The number of carbonyl (C=O) groups is 1. The number of rotatable bonds is 5. The fourth-order valence-corrected chi connectivity index (χ4v) is 2.06. The van der Waals surface area contributed by atoms with E-state index < -0.39 is 0 Å². The van der Waals surface area contributed by atoms with Crippen LogP contribution >= 0.6 is 0 Å². The van der Waals surface area contributed by atoms with Gasteiger partial charge in [-0.3, -0.25) is 4.79 Å². The van der Waals surface area contributed by atoms with E-state index in [9.17, 15) is 4.79 Å². The number of carbonyl (C=O) groups excluding carboxylic acids is 1.